The summed E-state index contributed by atoms with van der Waals surface area (Å²) in [6.07, 6.45) is 1.94. The van der Waals surface area contributed by atoms with Gasteiger partial charge in [0, 0.05) is 12.2 Å². The molecule has 0 spiro atoms. The molecule has 90 valence electrons. The van der Waals surface area contributed by atoms with Crippen molar-refractivity contribution >= 4 is 0 Å². The number of phenols is 1. The van der Waals surface area contributed by atoms with Gasteiger partial charge in [0.15, 0.2) is 0 Å². The van der Waals surface area contributed by atoms with Gasteiger partial charge in [0.1, 0.15) is 18.1 Å². The minimum atomic E-state index is 0.237. The lowest BCUT2D eigenvalue weighted by Crippen LogP contribution is -2.03. The Bertz CT molecular complexity index is 474. The Kier molecular flexibility index (Phi) is 3.32. The summed E-state index contributed by atoms with van der Waals surface area (Å²) in [5.74, 6) is 0.961. The first-order chi connectivity index (χ1) is 8.15. The van der Waals surface area contributed by atoms with Crippen molar-refractivity contribution in [2.45, 2.75) is 26.5 Å². The highest BCUT2D eigenvalue weighted by atomic mass is 16.5. The van der Waals surface area contributed by atoms with E-state index in [2.05, 4.69) is 18.9 Å². The molecule has 0 atom stereocenters. The minimum absolute atomic E-state index is 0.237. The summed E-state index contributed by atoms with van der Waals surface area (Å²) in [6, 6.07) is 8.96. The van der Waals surface area contributed by atoms with Crippen molar-refractivity contribution in [2.24, 2.45) is 0 Å². The SMILES string of the molecule is CC(C)n1ccc(COc2ccc(O)cc2)n1. The van der Waals surface area contributed by atoms with Gasteiger partial charge in [-0.2, -0.15) is 5.10 Å². The summed E-state index contributed by atoms with van der Waals surface area (Å²) in [6.45, 7) is 4.60. The highest BCUT2D eigenvalue weighted by Crippen LogP contribution is 2.17. The molecule has 0 amide bonds. The van der Waals surface area contributed by atoms with E-state index in [0.717, 1.165) is 11.4 Å². The van der Waals surface area contributed by atoms with E-state index < -0.39 is 0 Å². The van der Waals surface area contributed by atoms with Crippen molar-refractivity contribution < 1.29 is 9.84 Å². The molecule has 1 N–H and O–H groups in total. The van der Waals surface area contributed by atoms with E-state index in [4.69, 9.17) is 9.84 Å². The molecule has 4 nitrogen and oxygen atoms in total. The first-order valence-corrected chi connectivity index (χ1v) is 5.61. The zero-order valence-electron chi connectivity index (χ0n) is 10.00. The van der Waals surface area contributed by atoms with E-state index in [1.54, 1.807) is 24.3 Å². The summed E-state index contributed by atoms with van der Waals surface area (Å²) < 4.78 is 7.45. The standard InChI is InChI=1S/C13H16N2O2/c1-10(2)15-8-7-11(14-15)9-17-13-5-3-12(16)4-6-13/h3-8,10,16H,9H2,1-2H3. The Balaban J connectivity index is 1.95. The van der Waals surface area contributed by atoms with Gasteiger partial charge in [0.2, 0.25) is 0 Å². The van der Waals surface area contributed by atoms with Gasteiger partial charge in [-0.15, -0.1) is 0 Å². The zero-order valence-corrected chi connectivity index (χ0v) is 10.00. The number of aromatic nitrogens is 2. The molecule has 0 aliphatic heterocycles. The molecule has 0 radical (unpaired) electrons. The van der Waals surface area contributed by atoms with E-state index in [0.29, 0.717) is 12.6 Å². The molecular formula is C13H16N2O2. The molecule has 2 rings (SSSR count). The number of aromatic hydroxyl groups is 1. The smallest absolute Gasteiger partial charge is 0.132 e. The van der Waals surface area contributed by atoms with E-state index in [1.165, 1.54) is 0 Å². The van der Waals surface area contributed by atoms with Crippen LogP contribution in [0.1, 0.15) is 25.6 Å². The predicted octanol–water partition coefficient (Wildman–Crippen LogP) is 2.75. The molecule has 0 bridgehead atoms. The van der Waals surface area contributed by atoms with Crippen LogP contribution in [0.2, 0.25) is 0 Å². The molecule has 1 heterocycles. The third-order valence-corrected chi connectivity index (χ3v) is 2.42. The van der Waals surface area contributed by atoms with Crippen molar-refractivity contribution in [3.8, 4) is 11.5 Å². The first kappa shape index (κ1) is 11.5. The first-order valence-electron chi connectivity index (χ1n) is 5.61. The van der Waals surface area contributed by atoms with Gasteiger partial charge in [-0.1, -0.05) is 0 Å². The highest BCUT2D eigenvalue weighted by Gasteiger charge is 2.02. The third kappa shape index (κ3) is 3.00. The largest absolute Gasteiger partial charge is 0.508 e. The van der Waals surface area contributed by atoms with Crippen LogP contribution in [0.25, 0.3) is 0 Å². The molecule has 0 fully saturated rings. The van der Waals surface area contributed by atoms with E-state index in [1.807, 2.05) is 16.9 Å². The maximum absolute atomic E-state index is 9.14. The molecular weight excluding hydrogens is 216 g/mol. The van der Waals surface area contributed by atoms with E-state index in [9.17, 15) is 0 Å². The van der Waals surface area contributed by atoms with Crippen LogP contribution in [0.5, 0.6) is 11.5 Å². The Morgan fingerprint density at radius 3 is 2.53 bits per heavy atom. The number of hydrogen-bond donors (Lipinski definition) is 1. The molecule has 0 unspecified atom stereocenters. The molecule has 2 aromatic rings. The van der Waals surface area contributed by atoms with Crippen LogP contribution in [0.15, 0.2) is 36.5 Å². The molecule has 1 aromatic carbocycles. The summed E-state index contributed by atoms with van der Waals surface area (Å²) in [5.41, 5.74) is 0.895. The molecule has 17 heavy (non-hydrogen) atoms. The van der Waals surface area contributed by atoms with E-state index >= 15 is 0 Å². The number of rotatable bonds is 4. The summed E-state index contributed by atoms with van der Waals surface area (Å²) in [4.78, 5) is 0. The molecule has 0 saturated heterocycles. The lowest BCUT2D eigenvalue weighted by Gasteiger charge is -2.05. The second kappa shape index (κ2) is 4.91. The Morgan fingerprint density at radius 2 is 1.94 bits per heavy atom. The van der Waals surface area contributed by atoms with Crippen LogP contribution in [0.4, 0.5) is 0 Å². The quantitative estimate of drug-likeness (QED) is 0.881. The van der Waals surface area contributed by atoms with Gasteiger partial charge in [-0.3, -0.25) is 4.68 Å². The van der Waals surface area contributed by atoms with Crippen molar-refractivity contribution in [1.82, 2.24) is 9.78 Å². The van der Waals surface area contributed by atoms with Crippen molar-refractivity contribution in [1.29, 1.82) is 0 Å². The van der Waals surface area contributed by atoms with Crippen LogP contribution >= 0.6 is 0 Å². The number of hydrogen-bond acceptors (Lipinski definition) is 3. The lowest BCUT2D eigenvalue weighted by atomic mass is 10.3. The van der Waals surface area contributed by atoms with Crippen LogP contribution in [-0.4, -0.2) is 14.9 Å². The molecule has 0 aliphatic carbocycles. The Labute approximate surface area is 100 Å². The number of benzene rings is 1. The molecule has 0 saturated carbocycles. The highest BCUT2D eigenvalue weighted by molar-refractivity contribution is 5.30. The van der Waals surface area contributed by atoms with Gasteiger partial charge in [0.25, 0.3) is 0 Å². The van der Waals surface area contributed by atoms with Crippen LogP contribution < -0.4 is 4.74 Å². The Morgan fingerprint density at radius 1 is 1.24 bits per heavy atom. The van der Waals surface area contributed by atoms with Gasteiger partial charge >= 0.3 is 0 Å². The van der Waals surface area contributed by atoms with Crippen LogP contribution in [0, 0.1) is 0 Å². The van der Waals surface area contributed by atoms with Crippen molar-refractivity contribution in [3.05, 3.63) is 42.2 Å². The van der Waals surface area contributed by atoms with Crippen molar-refractivity contribution in [3.63, 3.8) is 0 Å². The fraction of sp³-hybridized carbons (Fsp3) is 0.308. The van der Waals surface area contributed by atoms with Crippen LogP contribution in [-0.2, 0) is 6.61 Å². The normalized spacial score (nSPS) is 10.8. The Hall–Kier alpha value is -1.97. The van der Waals surface area contributed by atoms with Gasteiger partial charge in [-0.05, 0) is 44.2 Å². The summed E-state index contributed by atoms with van der Waals surface area (Å²) in [7, 11) is 0. The third-order valence-electron chi connectivity index (χ3n) is 2.42. The monoisotopic (exact) mass is 232 g/mol. The van der Waals surface area contributed by atoms with Crippen molar-refractivity contribution in [2.75, 3.05) is 0 Å². The average molecular weight is 232 g/mol. The summed E-state index contributed by atoms with van der Waals surface area (Å²) >= 11 is 0. The number of phenolic OH excluding ortho intramolecular Hbond substituents is 1. The van der Waals surface area contributed by atoms with E-state index in [-0.39, 0.29) is 5.75 Å². The second-order valence-electron chi connectivity index (χ2n) is 4.16. The van der Waals surface area contributed by atoms with Crippen LogP contribution in [0.3, 0.4) is 0 Å². The molecule has 4 heteroatoms. The van der Waals surface area contributed by atoms with Gasteiger partial charge < -0.3 is 9.84 Å². The average Bonchev–Trinajstić information content (AvgIpc) is 2.77. The molecule has 1 aromatic heterocycles. The maximum atomic E-state index is 9.14. The summed E-state index contributed by atoms with van der Waals surface area (Å²) in [5, 5.41) is 13.5. The zero-order chi connectivity index (χ0) is 12.3. The number of nitrogens with zero attached hydrogens (tertiary/aromatic N) is 2. The minimum Gasteiger partial charge on any atom is -0.508 e. The molecule has 0 aliphatic rings. The maximum Gasteiger partial charge on any atom is 0.132 e. The fourth-order valence-electron chi connectivity index (χ4n) is 1.44. The predicted molar refractivity (Wildman–Crippen MR) is 65.1 cm³/mol. The lowest BCUT2D eigenvalue weighted by molar-refractivity contribution is 0.298. The second-order valence-corrected chi connectivity index (χ2v) is 4.16. The topological polar surface area (TPSA) is 47.3 Å². The van der Waals surface area contributed by atoms with Gasteiger partial charge in [0.05, 0.1) is 5.69 Å². The fourth-order valence-corrected chi connectivity index (χ4v) is 1.44. The number of ether oxygens (including phenoxy) is 1. The van der Waals surface area contributed by atoms with Gasteiger partial charge in [-0.25, -0.2) is 0 Å².